The normalized spacial score (nSPS) is 8.90. The van der Waals surface area contributed by atoms with E-state index in [1.54, 1.807) is 24.3 Å². The molecule has 2 aromatic carbocycles. The first-order valence-electron chi connectivity index (χ1n) is 6.48. The molecule has 2 aromatic rings. The highest BCUT2D eigenvalue weighted by Gasteiger charge is 1.96. The van der Waals surface area contributed by atoms with Gasteiger partial charge in [-0.05, 0) is 23.6 Å². The van der Waals surface area contributed by atoms with Crippen molar-refractivity contribution in [2.75, 3.05) is 0 Å². The quantitative estimate of drug-likeness (QED) is 0.616. The second kappa shape index (κ2) is 9.16. The number of para-hydroxylation sites is 2. The highest BCUT2D eigenvalue weighted by molar-refractivity contribution is 5.67. The Morgan fingerprint density at radius 3 is 1.52 bits per heavy atom. The Balaban J connectivity index is 0.000000219. The Labute approximate surface area is 123 Å². The summed E-state index contributed by atoms with van der Waals surface area (Å²) in [5.74, 6) is 0.659. The second-order valence-corrected chi connectivity index (χ2v) is 4.46. The van der Waals surface area contributed by atoms with Crippen molar-refractivity contribution in [3.63, 3.8) is 0 Å². The van der Waals surface area contributed by atoms with Crippen molar-refractivity contribution in [1.29, 1.82) is 0 Å². The van der Waals surface area contributed by atoms with Crippen LogP contribution in [0.2, 0.25) is 0 Å². The summed E-state index contributed by atoms with van der Waals surface area (Å²) in [6, 6.07) is 17.0. The molecule has 0 heterocycles. The average Bonchev–Trinajstić information content (AvgIpc) is 2.51. The van der Waals surface area contributed by atoms with Gasteiger partial charge in [-0.15, -0.1) is 0 Å². The minimum atomic E-state index is 0.316. The zero-order valence-corrected chi connectivity index (χ0v) is 12.0. The van der Waals surface area contributed by atoms with E-state index in [-0.39, 0.29) is 0 Å². The second-order valence-electron chi connectivity index (χ2n) is 4.46. The summed E-state index contributed by atoms with van der Waals surface area (Å²) in [7, 11) is 0. The Hall–Kier alpha value is -2.80. The summed E-state index contributed by atoms with van der Waals surface area (Å²) >= 11 is 0. The molecule has 106 valence electrons. The van der Waals surface area contributed by atoms with Crippen molar-refractivity contribution in [2.24, 2.45) is 9.98 Å². The molecular weight excluding hydrogens is 264 g/mol. The Morgan fingerprint density at radius 2 is 1.19 bits per heavy atom. The van der Waals surface area contributed by atoms with Crippen molar-refractivity contribution in [3.8, 4) is 0 Å². The van der Waals surface area contributed by atoms with Crippen molar-refractivity contribution < 1.29 is 9.59 Å². The van der Waals surface area contributed by atoms with Gasteiger partial charge in [-0.2, -0.15) is 9.98 Å². The number of hydrogen-bond donors (Lipinski definition) is 0. The van der Waals surface area contributed by atoms with Gasteiger partial charge in [0.05, 0.1) is 0 Å². The van der Waals surface area contributed by atoms with Gasteiger partial charge in [0.25, 0.3) is 0 Å². The lowest BCUT2D eigenvalue weighted by Gasteiger charge is -2.01. The molecule has 21 heavy (non-hydrogen) atoms. The molecule has 0 fully saturated rings. The fourth-order valence-corrected chi connectivity index (χ4v) is 1.59. The van der Waals surface area contributed by atoms with E-state index in [1.165, 1.54) is 17.7 Å². The first kappa shape index (κ1) is 16.3. The molecule has 0 saturated carbocycles. The standard InChI is InChI=1S/C9H12.C8H4N2O2/c1-8(2)9-6-4-3-5-7-9;11-5-9-7-3-1-2-4-8(7)10-6-12/h3-8H,1-2H3;1-4H. The van der Waals surface area contributed by atoms with Crippen LogP contribution in [0.1, 0.15) is 25.3 Å². The molecule has 4 heteroatoms. The maximum Gasteiger partial charge on any atom is 0.240 e. The topological polar surface area (TPSA) is 58.9 Å². The third-order valence-electron chi connectivity index (χ3n) is 2.68. The zero-order valence-electron chi connectivity index (χ0n) is 12.0. The van der Waals surface area contributed by atoms with Crippen molar-refractivity contribution in [1.82, 2.24) is 0 Å². The van der Waals surface area contributed by atoms with Gasteiger partial charge in [-0.1, -0.05) is 56.3 Å². The molecule has 2 rings (SSSR count). The van der Waals surface area contributed by atoms with E-state index in [0.717, 1.165) is 0 Å². The Bertz CT molecular complexity index is 617. The maximum atomic E-state index is 9.90. The van der Waals surface area contributed by atoms with Crippen LogP contribution in [-0.2, 0) is 9.59 Å². The van der Waals surface area contributed by atoms with Crippen molar-refractivity contribution in [3.05, 3.63) is 60.2 Å². The number of isocyanates is 2. The van der Waals surface area contributed by atoms with Crippen LogP contribution in [0.3, 0.4) is 0 Å². The van der Waals surface area contributed by atoms with Crippen molar-refractivity contribution in [2.45, 2.75) is 19.8 Å². The molecule has 4 nitrogen and oxygen atoms in total. The minimum Gasteiger partial charge on any atom is -0.211 e. The Morgan fingerprint density at radius 1 is 0.762 bits per heavy atom. The molecule has 0 N–H and O–H groups in total. The van der Waals surface area contributed by atoms with E-state index in [0.29, 0.717) is 17.3 Å². The summed E-state index contributed by atoms with van der Waals surface area (Å²) in [6.07, 6.45) is 2.74. The van der Waals surface area contributed by atoms with Crippen LogP contribution in [-0.4, -0.2) is 12.2 Å². The first-order valence-corrected chi connectivity index (χ1v) is 6.48. The maximum absolute atomic E-state index is 9.90. The number of nitrogens with zero attached hydrogens (tertiary/aromatic N) is 2. The van der Waals surface area contributed by atoms with Gasteiger partial charge >= 0.3 is 0 Å². The molecule has 0 amide bonds. The smallest absolute Gasteiger partial charge is 0.211 e. The van der Waals surface area contributed by atoms with E-state index in [4.69, 9.17) is 0 Å². The molecule has 0 bridgehead atoms. The summed E-state index contributed by atoms with van der Waals surface area (Å²) in [4.78, 5) is 26.5. The van der Waals surface area contributed by atoms with Crippen LogP contribution < -0.4 is 0 Å². The molecule has 0 unspecified atom stereocenters. The van der Waals surface area contributed by atoms with Gasteiger partial charge in [0.1, 0.15) is 11.4 Å². The summed E-state index contributed by atoms with van der Waals surface area (Å²) in [6.45, 7) is 4.41. The van der Waals surface area contributed by atoms with Crippen LogP contribution in [0.25, 0.3) is 0 Å². The average molecular weight is 280 g/mol. The predicted octanol–water partition coefficient (Wildman–Crippen LogP) is 4.43. The van der Waals surface area contributed by atoms with Crippen LogP contribution in [0.5, 0.6) is 0 Å². The number of hydrogen-bond acceptors (Lipinski definition) is 4. The van der Waals surface area contributed by atoms with Crippen LogP contribution >= 0.6 is 0 Å². The van der Waals surface area contributed by atoms with Crippen molar-refractivity contribution >= 4 is 23.5 Å². The summed E-state index contributed by atoms with van der Waals surface area (Å²) in [5.41, 5.74) is 2.05. The molecule has 0 aliphatic rings. The predicted molar refractivity (Wildman–Crippen MR) is 82.5 cm³/mol. The van der Waals surface area contributed by atoms with Gasteiger partial charge in [0, 0.05) is 0 Å². The van der Waals surface area contributed by atoms with E-state index >= 15 is 0 Å². The lowest BCUT2D eigenvalue weighted by Crippen LogP contribution is -1.83. The van der Waals surface area contributed by atoms with Crippen LogP contribution in [0.4, 0.5) is 11.4 Å². The molecule has 0 saturated heterocycles. The van der Waals surface area contributed by atoms with E-state index < -0.39 is 0 Å². The fraction of sp³-hybridized carbons (Fsp3) is 0.176. The monoisotopic (exact) mass is 280 g/mol. The van der Waals surface area contributed by atoms with E-state index in [9.17, 15) is 9.59 Å². The lowest BCUT2D eigenvalue weighted by molar-refractivity contribution is 0.564. The molecule has 0 radical (unpaired) electrons. The molecule has 0 aliphatic carbocycles. The third kappa shape index (κ3) is 5.79. The highest BCUT2D eigenvalue weighted by atomic mass is 16.1. The molecule has 0 aromatic heterocycles. The summed E-state index contributed by atoms with van der Waals surface area (Å²) < 4.78 is 0. The van der Waals surface area contributed by atoms with Crippen LogP contribution in [0, 0.1) is 0 Å². The number of carbonyl (C=O) groups excluding carboxylic acids is 2. The van der Waals surface area contributed by atoms with Gasteiger partial charge < -0.3 is 0 Å². The van der Waals surface area contributed by atoms with Gasteiger partial charge in [-0.25, -0.2) is 9.59 Å². The SMILES string of the molecule is CC(C)c1ccccc1.O=C=Nc1ccccc1N=C=O. The van der Waals surface area contributed by atoms with Crippen LogP contribution in [0.15, 0.2) is 64.6 Å². The minimum absolute atomic E-state index is 0.316. The van der Waals surface area contributed by atoms with E-state index in [1.807, 2.05) is 6.07 Å². The molecule has 0 aliphatic heterocycles. The molecule has 0 atom stereocenters. The largest absolute Gasteiger partial charge is 0.240 e. The lowest BCUT2D eigenvalue weighted by atomic mass is 10.0. The summed E-state index contributed by atoms with van der Waals surface area (Å²) in [5, 5.41) is 0. The number of rotatable bonds is 3. The van der Waals surface area contributed by atoms with Gasteiger partial charge in [-0.3, -0.25) is 0 Å². The van der Waals surface area contributed by atoms with Gasteiger partial charge in [0.15, 0.2) is 0 Å². The molecule has 0 spiro atoms. The number of benzene rings is 2. The Kier molecular flexibility index (Phi) is 7.09. The fourth-order valence-electron chi connectivity index (χ4n) is 1.59. The number of aliphatic imine (C=N–C) groups is 2. The van der Waals surface area contributed by atoms with Gasteiger partial charge in [0.2, 0.25) is 12.2 Å². The zero-order chi connectivity index (χ0) is 15.5. The third-order valence-corrected chi connectivity index (χ3v) is 2.68. The van der Waals surface area contributed by atoms with E-state index in [2.05, 4.69) is 48.1 Å². The first-order chi connectivity index (χ1) is 10.2. The highest BCUT2D eigenvalue weighted by Crippen LogP contribution is 2.25. The molecular formula is C17H16N2O2.